The van der Waals surface area contributed by atoms with Crippen LogP contribution >= 0.6 is 11.8 Å². The smallest absolute Gasteiger partial charge is 0.309 e. The van der Waals surface area contributed by atoms with Crippen molar-refractivity contribution < 1.29 is 14.3 Å². The fraction of sp³-hybridized carbons (Fsp3) is 0.211. The molecule has 0 saturated heterocycles. The molecule has 0 radical (unpaired) electrons. The van der Waals surface area contributed by atoms with Gasteiger partial charge in [0.2, 0.25) is 5.91 Å². The molecule has 0 fully saturated rings. The zero-order chi connectivity index (χ0) is 19.5. The Kier molecular flexibility index (Phi) is 5.07. The summed E-state index contributed by atoms with van der Waals surface area (Å²) in [5.41, 5.74) is 0.902. The van der Waals surface area contributed by atoms with E-state index in [2.05, 4.69) is 10.3 Å². The Labute approximate surface area is 164 Å². The molecule has 3 aromatic rings. The van der Waals surface area contributed by atoms with Crippen LogP contribution in [0.3, 0.4) is 0 Å². The third-order valence-electron chi connectivity index (χ3n) is 4.32. The number of amides is 1. The Hall–Kier alpha value is -3.20. The van der Waals surface area contributed by atoms with Gasteiger partial charge in [0.25, 0.3) is 5.56 Å². The molecule has 0 spiro atoms. The number of hydrogen-bond donors (Lipinski definition) is 0. The van der Waals surface area contributed by atoms with E-state index < -0.39 is 5.97 Å². The summed E-state index contributed by atoms with van der Waals surface area (Å²) < 4.78 is 6.15. The van der Waals surface area contributed by atoms with E-state index in [1.807, 2.05) is 24.3 Å². The lowest BCUT2D eigenvalue weighted by atomic mass is 10.2. The van der Waals surface area contributed by atoms with Crippen LogP contribution in [0, 0.1) is 0 Å². The van der Waals surface area contributed by atoms with Crippen molar-refractivity contribution in [1.29, 1.82) is 0 Å². The van der Waals surface area contributed by atoms with Crippen LogP contribution in [0.4, 0.5) is 5.69 Å². The number of nitrogens with zero attached hydrogens (tertiary/aromatic N) is 4. The number of carbonyl (C=O) groups is 2. The van der Waals surface area contributed by atoms with Gasteiger partial charge in [-0.05, 0) is 24.3 Å². The number of esters is 1. The van der Waals surface area contributed by atoms with Crippen molar-refractivity contribution in [3.8, 4) is 0 Å². The van der Waals surface area contributed by atoms with E-state index in [1.165, 1.54) is 11.8 Å². The van der Waals surface area contributed by atoms with Crippen molar-refractivity contribution in [2.24, 2.45) is 0 Å². The van der Waals surface area contributed by atoms with E-state index in [1.54, 1.807) is 29.2 Å². The molecular weight excluding hydrogens is 380 g/mol. The maximum absolute atomic E-state index is 12.3. The maximum atomic E-state index is 12.3. The Morgan fingerprint density at radius 2 is 1.89 bits per heavy atom. The number of hydrogen-bond acceptors (Lipinski definition) is 7. The third-order valence-corrected chi connectivity index (χ3v) is 5.37. The zero-order valence-electron chi connectivity index (χ0n) is 14.8. The van der Waals surface area contributed by atoms with E-state index in [0.717, 1.165) is 15.3 Å². The number of anilines is 1. The first-order valence-corrected chi connectivity index (χ1v) is 9.62. The molecular formula is C19H16N4O4S. The molecule has 0 bridgehead atoms. The van der Waals surface area contributed by atoms with Crippen molar-refractivity contribution in [1.82, 2.24) is 15.0 Å². The highest BCUT2D eigenvalue weighted by Crippen LogP contribution is 2.34. The van der Waals surface area contributed by atoms with Crippen LogP contribution in [-0.4, -0.2) is 39.2 Å². The summed E-state index contributed by atoms with van der Waals surface area (Å²) in [5, 5.41) is 8.12. The SMILES string of the molecule is O=C(CCN1C(=O)CSc2ccccc21)OCn1nnc2ccccc2c1=O. The third kappa shape index (κ3) is 3.61. The summed E-state index contributed by atoms with van der Waals surface area (Å²) in [5.74, 6) is -0.229. The normalized spacial score (nSPS) is 13.4. The Bertz CT molecular complexity index is 1110. The van der Waals surface area contributed by atoms with Crippen molar-refractivity contribution in [2.45, 2.75) is 18.0 Å². The fourth-order valence-corrected chi connectivity index (χ4v) is 3.85. The van der Waals surface area contributed by atoms with Gasteiger partial charge in [-0.1, -0.05) is 29.5 Å². The van der Waals surface area contributed by atoms with Crippen LogP contribution in [0.5, 0.6) is 0 Å². The predicted octanol–water partition coefficient (Wildman–Crippen LogP) is 1.82. The standard InChI is InChI=1S/C19H16N4O4S/c24-17-11-28-16-8-4-3-7-15(16)22(17)10-9-18(25)27-12-23-19(26)13-5-1-2-6-14(13)20-21-23/h1-8H,9-12H2. The van der Waals surface area contributed by atoms with Crippen LogP contribution in [0.15, 0.2) is 58.2 Å². The first-order chi connectivity index (χ1) is 13.6. The number of fused-ring (bicyclic) bond motifs is 2. The van der Waals surface area contributed by atoms with Crippen molar-refractivity contribution in [2.75, 3.05) is 17.2 Å². The highest BCUT2D eigenvalue weighted by atomic mass is 32.2. The number of ether oxygens (including phenoxy) is 1. The Morgan fingerprint density at radius 3 is 2.79 bits per heavy atom. The molecule has 8 nitrogen and oxygen atoms in total. The lowest BCUT2D eigenvalue weighted by molar-refractivity contribution is -0.147. The molecule has 4 rings (SSSR count). The van der Waals surface area contributed by atoms with Gasteiger partial charge in [0, 0.05) is 11.4 Å². The van der Waals surface area contributed by atoms with Gasteiger partial charge in [-0.25, -0.2) is 0 Å². The minimum atomic E-state index is -0.523. The molecule has 142 valence electrons. The lowest BCUT2D eigenvalue weighted by Gasteiger charge is -2.28. The molecule has 2 heterocycles. The molecule has 28 heavy (non-hydrogen) atoms. The van der Waals surface area contributed by atoms with Gasteiger partial charge in [0.05, 0.1) is 23.2 Å². The van der Waals surface area contributed by atoms with Gasteiger partial charge >= 0.3 is 5.97 Å². The number of thioether (sulfide) groups is 1. The van der Waals surface area contributed by atoms with Crippen molar-refractivity contribution >= 4 is 40.2 Å². The number of para-hydroxylation sites is 1. The minimum Gasteiger partial charge on any atom is -0.442 e. The van der Waals surface area contributed by atoms with Gasteiger partial charge in [-0.2, -0.15) is 4.68 Å². The average molecular weight is 396 g/mol. The quantitative estimate of drug-likeness (QED) is 0.607. The lowest BCUT2D eigenvalue weighted by Crippen LogP contribution is -2.37. The molecule has 0 N–H and O–H groups in total. The summed E-state index contributed by atoms with van der Waals surface area (Å²) in [6.45, 7) is -0.108. The zero-order valence-corrected chi connectivity index (χ0v) is 15.6. The van der Waals surface area contributed by atoms with Crippen LogP contribution < -0.4 is 10.5 Å². The Morgan fingerprint density at radius 1 is 1.11 bits per heavy atom. The highest BCUT2D eigenvalue weighted by molar-refractivity contribution is 8.00. The number of aromatic nitrogens is 3. The molecule has 1 aliphatic rings. The number of rotatable bonds is 5. The molecule has 9 heteroatoms. The summed E-state index contributed by atoms with van der Waals surface area (Å²) in [4.78, 5) is 39.3. The van der Waals surface area contributed by atoms with Crippen LogP contribution in [-0.2, 0) is 21.1 Å². The van der Waals surface area contributed by atoms with Gasteiger partial charge in [0.1, 0.15) is 5.52 Å². The van der Waals surface area contributed by atoms with Gasteiger partial charge in [-0.3, -0.25) is 14.4 Å². The first-order valence-electron chi connectivity index (χ1n) is 8.64. The van der Waals surface area contributed by atoms with E-state index >= 15 is 0 Å². The van der Waals surface area contributed by atoms with Gasteiger partial charge < -0.3 is 9.64 Å². The van der Waals surface area contributed by atoms with Crippen LogP contribution in [0.1, 0.15) is 6.42 Å². The largest absolute Gasteiger partial charge is 0.442 e. The van der Waals surface area contributed by atoms with Crippen LogP contribution in [0.2, 0.25) is 0 Å². The molecule has 0 saturated carbocycles. The summed E-state index contributed by atoms with van der Waals surface area (Å²) in [6.07, 6.45) is 0.0144. The van der Waals surface area contributed by atoms with Gasteiger partial charge in [0.15, 0.2) is 6.73 Å². The minimum absolute atomic E-state index is 0.0144. The van der Waals surface area contributed by atoms with E-state index in [4.69, 9.17) is 4.74 Å². The summed E-state index contributed by atoms with van der Waals surface area (Å²) in [6, 6.07) is 14.4. The Balaban J connectivity index is 1.39. The maximum Gasteiger partial charge on any atom is 0.309 e. The molecule has 1 aliphatic heterocycles. The topological polar surface area (TPSA) is 94.4 Å². The van der Waals surface area contributed by atoms with E-state index in [9.17, 15) is 14.4 Å². The fourth-order valence-electron chi connectivity index (χ4n) is 2.92. The van der Waals surface area contributed by atoms with Crippen LogP contribution in [0.25, 0.3) is 10.9 Å². The number of carbonyl (C=O) groups excluding carboxylic acids is 2. The molecule has 0 aliphatic carbocycles. The predicted molar refractivity (Wildman–Crippen MR) is 104 cm³/mol. The summed E-state index contributed by atoms with van der Waals surface area (Å²) >= 11 is 1.48. The first kappa shape index (κ1) is 18.2. The highest BCUT2D eigenvalue weighted by Gasteiger charge is 2.24. The van der Waals surface area contributed by atoms with Crippen molar-refractivity contribution in [3.05, 3.63) is 58.9 Å². The number of benzene rings is 2. The van der Waals surface area contributed by atoms with E-state index in [0.29, 0.717) is 16.7 Å². The van der Waals surface area contributed by atoms with Gasteiger partial charge in [-0.15, -0.1) is 16.9 Å². The molecule has 0 atom stereocenters. The second-order valence-corrected chi connectivity index (χ2v) is 7.13. The van der Waals surface area contributed by atoms with E-state index in [-0.39, 0.29) is 31.2 Å². The monoisotopic (exact) mass is 396 g/mol. The second kappa shape index (κ2) is 7.81. The average Bonchev–Trinajstić information content (AvgIpc) is 2.73. The molecule has 1 amide bonds. The molecule has 2 aromatic carbocycles. The molecule has 0 unspecified atom stereocenters. The molecule has 1 aromatic heterocycles. The van der Waals surface area contributed by atoms with Crippen molar-refractivity contribution in [3.63, 3.8) is 0 Å². The summed E-state index contributed by atoms with van der Waals surface area (Å²) in [7, 11) is 0. The second-order valence-electron chi connectivity index (χ2n) is 6.11.